The van der Waals surface area contributed by atoms with E-state index in [0.717, 1.165) is 58.1 Å². The van der Waals surface area contributed by atoms with Crippen LogP contribution in [0.25, 0.3) is 10.9 Å². The molecule has 1 atom stereocenters. The SMILES string of the molecule is Cc1cc(COc2ccc(C(=O)NCC(Cc3n[nH]c(=O)s3)CN3CCCC3)cc2)c2ccccc2n1. The van der Waals surface area contributed by atoms with Gasteiger partial charge in [-0.3, -0.25) is 14.6 Å². The number of para-hydroxylation sites is 1. The van der Waals surface area contributed by atoms with Crippen LogP contribution in [0.1, 0.15) is 39.5 Å². The quantitative estimate of drug-likeness (QED) is 0.330. The first kappa shape index (κ1) is 25.1. The van der Waals surface area contributed by atoms with Gasteiger partial charge < -0.3 is 15.0 Å². The predicted octanol–water partition coefficient (Wildman–Crippen LogP) is 3.95. The van der Waals surface area contributed by atoms with Crippen LogP contribution < -0.4 is 14.9 Å². The predicted molar refractivity (Wildman–Crippen MR) is 145 cm³/mol. The van der Waals surface area contributed by atoms with Gasteiger partial charge in [-0.15, -0.1) is 0 Å². The minimum absolute atomic E-state index is 0.121. The largest absolute Gasteiger partial charge is 0.489 e. The number of pyridine rings is 1. The van der Waals surface area contributed by atoms with Crippen LogP contribution in [0.2, 0.25) is 0 Å². The van der Waals surface area contributed by atoms with Gasteiger partial charge in [0.05, 0.1) is 5.52 Å². The van der Waals surface area contributed by atoms with Gasteiger partial charge in [0.1, 0.15) is 17.4 Å². The lowest BCUT2D eigenvalue weighted by Gasteiger charge is -2.23. The molecule has 1 aliphatic heterocycles. The second-order valence-corrected chi connectivity index (χ2v) is 10.6. The zero-order chi connectivity index (χ0) is 25.6. The Morgan fingerprint density at radius 1 is 1.16 bits per heavy atom. The lowest BCUT2D eigenvalue weighted by molar-refractivity contribution is 0.0943. The van der Waals surface area contributed by atoms with Crippen molar-refractivity contribution >= 4 is 28.1 Å². The van der Waals surface area contributed by atoms with Gasteiger partial charge in [-0.25, -0.2) is 5.10 Å². The van der Waals surface area contributed by atoms with E-state index in [1.165, 1.54) is 12.8 Å². The van der Waals surface area contributed by atoms with Crippen LogP contribution in [0.4, 0.5) is 0 Å². The number of aryl methyl sites for hydroxylation is 1. The summed E-state index contributed by atoms with van der Waals surface area (Å²) in [5.74, 6) is 0.765. The van der Waals surface area contributed by atoms with Gasteiger partial charge in [-0.2, -0.15) is 5.10 Å². The minimum atomic E-state index is -0.145. The van der Waals surface area contributed by atoms with Crippen LogP contribution >= 0.6 is 11.3 Å². The molecule has 0 saturated carbocycles. The molecule has 0 aliphatic carbocycles. The molecule has 3 heterocycles. The van der Waals surface area contributed by atoms with Crippen molar-refractivity contribution in [1.29, 1.82) is 0 Å². The van der Waals surface area contributed by atoms with Gasteiger partial charge in [0.15, 0.2) is 0 Å². The fraction of sp³-hybridized carbons (Fsp3) is 0.357. The third kappa shape index (κ3) is 6.61. The number of amides is 1. The van der Waals surface area contributed by atoms with E-state index in [2.05, 4.69) is 31.5 Å². The van der Waals surface area contributed by atoms with Crippen LogP contribution in [-0.4, -0.2) is 52.2 Å². The van der Waals surface area contributed by atoms with Gasteiger partial charge in [0.25, 0.3) is 5.91 Å². The third-order valence-electron chi connectivity index (χ3n) is 6.65. The molecule has 0 radical (unpaired) electrons. The van der Waals surface area contributed by atoms with Crippen molar-refractivity contribution in [1.82, 2.24) is 25.4 Å². The Labute approximate surface area is 219 Å². The molecule has 4 aromatic rings. The third-order valence-corrected chi connectivity index (χ3v) is 7.42. The molecule has 1 amide bonds. The monoisotopic (exact) mass is 517 g/mol. The second kappa shape index (κ2) is 11.7. The summed E-state index contributed by atoms with van der Waals surface area (Å²) in [6.45, 7) is 5.97. The standard InChI is InChI=1S/C28H31N5O3S/c1-19-14-22(24-6-2-3-7-25(24)30-19)18-36-23-10-8-21(9-11-23)27(34)29-16-20(17-33-12-4-5-13-33)15-26-31-32-28(35)37-26/h2-3,6-11,14,20H,4-5,12-13,15-18H2,1H3,(H,29,34)(H,32,35). The van der Waals surface area contributed by atoms with Gasteiger partial charge in [-0.1, -0.05) is 29.5 Å². The van der Waals surface area contributed by atoms with E-state index >= 15 is 0 Å². The van der Waals surface area contributed by atoms with E-state index in [1.54, 1.807) is 12.1 Å². The summed E-state index contributed by atoms with van der Waals surface area (Å²) in [4.78, 5) is 31.2. The number of rotatable bonds is 10. The molecule has 9 heteroatoms. The van der Waals surface area contributed by atoms with Crippen molar-refractivity contribution in [3.05, 3.63) is 86.1 Å². The fourth-order valence-corrected chi connectivity index (χ4v) is 5.56. The maximum absolute atomic E-state index is 12.9. The summed E-state index contributed by atoms with van der Waals surface area (Å²) < 4.78 is 6.03. The molecular formula is C28H31N5O3S. The summed E-state index contributed by atoms with van der Waals surface area (Å²) in [5, 5.41) is 11.5. The first-order valence-electron chi connectivity index (χ1n) is 12.7. The molecule has 2 N–H and O–H groups in total. The van der Waals surface area contributed by atoms with Crippen molar-refractivity contribution in [3.8, 4) is 5.75 Å². The van der Waals surface area contributed by atoms with Crippen LogP contribution in [0.5, 0.6) is 5.75 Å². The molecule has 2 aromatic carbocycles. The number of aromatic amines is 1. The number of likely N-dealkylation sites (tertiary alicyclic amines) is 1. The number of hydrogen-bond acceptors (Lipinski definition) is 7. The number of carbonyl (C=O) groups is 1. The first-order chi connectivity index (χ1) is 18.0. The maximum atomic E-state index is 12.9. The molecule has 2 aromatic heterocycles. The molecule has 8 nitrogen and oxygen atoms in total. The zero-order valence-electron chi connectivity index (χ0n) is 20.9. The molecule has 37 heavy (non-hydrogen) atoms. The highest BCUT2D eigenvalue weighted by Crippen LogP contribution is 2.21. The average molecular weight is 518 g/mol. The number of benzene rings is 2. The number of aromatic nitrogens is 3. The normalized spacial score (nSPS) is 14.6. The number of H-pyrrole nitrogens is 1. The highest BCUT2D eigenvalue weighted by Gasteiger charge is 2.20. The smallest absolute Gasteiger partial charge is 0.322 e. The van der Waals surface area contributed by atoms with Crippen LogP contribution in [0.15, 0.2) is 59.4 Å². The molecule has 0 spiro atoms. The maximum Gasteiger partial charge on any atom is 0.322 e. The van der Waals surface area contributed by atoms with E-state index < -0.39 is 0 Å². The average Bonchev–Trinajstić information content (AvgIpc) is 3.57. The van der Waals surface area contributed by atoms with Crippen molar-refractivity contribution in [2.45, 2.75) is 32.8 Å². The molecule has 1 unspecified atom stereocenters. The Morgan fingerprint density at radius 2 is 1.95 bits per heavy atom. The van der Waals surface area contributed by atoms with Crippen LogP contribution in [0.3, 0.4) is 0 Å². The molecule has 1 fully saturated rings. The minimum Gasteiger partial charge on any atom is -0.489 e. The van der Waals surface area contributed by atoms with Gasteiger partial charge in [-0.05, 0) is 75.2 Å². The van der Waals surface area contributed by atoms with Crippen molar-refractivity contribution in [2.75, 3.05) is 26.2 Å². The number of hydrogen-bond donors (Lipinski definition) is 2. The molecule has 5 rings (SSSR count). The Hall–Kier alpha value is -3.56. The molecule has 1 aliphatic rings. The molecule has 192 valence electrons. The van der Waals surface area contributed by atoms with Crippen molar-refractivity contribution in [2.24, 2.45) is 5.92 Å². The summed E-state index contributed by atoms with van der Waals surface area (Å²) >= 11 is 1.14. The molecule has 0 bridgehead atoms. The van der Waals surface area contributed by atoms with Crippen molar-refractivity contribution in [3.63, 3.8) is 0 Å². The van der Waals surface area contributed by atoms with E-state index in [9.17, 15) is 9.59 Å². The number of ether oxygens (including phenoxy) is 1. The molecular weight excluding hydrogens is 486 g/mol. The number of nitrogens with zero attached hydrogens (tertiary/aromatic N) is 3. The van der Waals surface area contributed by atoms with Crippen molar-refractivity contribution < 1.29 is 9.53 Å². The summed E-state index contributed by atoms with van der Waals surface area (Å²) in [6, 6.07) is 17.3. The number of fused-ring (bicyclic) bond motifs is 1. The highest BCUT2D eigenvalue weighted by molar-refractivity contribution is 7.08. The second-order valence-electron chi connectivity index (χ2n) is 9.55. The Kier molecular flexibility index (Phi) is 7.91. The van der Waals surface area contributed by atoms with E-state index in [-0.39, 0.29) is 16.7 Å². The summed E-state index contributed by atoms with van der Waals surface area (Å²) in [6.07, 6.45) is 3.08. The fourth-order valence-electron chi connectivity index (χ4n) is 4.84. The van der Waals surface area contributed by atoms with Crippen LogP contribution in [-0.2, 0) is 13.0 Å². The highest BCUT2D eigenvalue weighted by atomic mass is 32.1. The Morgan fingerprint density at radius 3 is 2.70 bits per heavy atom. The summed E-state index contributed by atoms with van der Waals surface area (Å²) in [7, 11) is 0. The lowest BCUT2D eigenvalue weighted by atomic mass is 10.0. The topological polar surface area (TPSA) is 100 Å². The van der Waals surface area contributed by atoms with Gasteiger partial charge >= 0.3 is 4.87 Å². The number of carbonyl (C=O) groups excluding carboxylic acids is 1. The van der Waals surface area contributed by atoms with Crippen LogP contribution in [0, 0.1) is 12.8 Å². The van der Waals surface area contributed by atoms with E-state index in [0.29, 0.717) is 30.9 Å². The lowest BCUT2D eigenvalue weighted by Crippen LogP contribution is -2.36. The van der Waals surface area contributed by atoms with E-state index in [4.69, 9.17) is 4.74 Å². The first-order valence-corrected chi connectivity index (χ1v) is 13.5. The number of nitrogens with one attached hydrogen (secondary N) is 2. The Balaban J connectivity index is 1.18. The van der Waals surface area contributed by atoms with Gasteiger partial charge in [0.2, 0.25) is 0 Å². The summed E-state index contributed by atoms with van der Waals surface area (Å²) in [5.41, 5.74) is 3.57. The zero-order valence-corrected chi connectivity index (χ0v) is 21.7. The van der Waals surface area contributed by atoms with Gasteiger partial charge in [0, 0.05) is 41.7 Å². The molecule has 1 saturated heterocycles. The Bertz CT molecular complexity index is 1410. The van der Waals surface area contributed by atoms with E-state index in [1.807, 2.05) is 43.3 Å².